The Balaban J connectivity index is 0.00000161. The molecule has 1 aliphatic carbocycles. The molecule has 7 heteroatoms. The third-order valence-electron chi connectivity index (χ3n) is 3.16. The van der Waals surface area contributed by atoms with Crippen LogP contribution in [0.5, 0.6) is 0 Å². The van der Waals surface area contributed by atoms with E-state index in [4.69, 9.17) is 4.55 Å². The molecule has 0 fully saturated rings. The van der Waals surface area contributed by atoms with Crippen molar-refractivity contribution in [3.63, 3.8) is 0 Å². The molecule has 5 nitrogen and oxygen atoms in total. The number of carbonyl (C=O) groups is 2. The summed E-state index contributed by atoms with van der Waals surface area (Å²) in [6, 6.07) is 10.1. The number of rotatable bonds is 1. The number of hydrogen-bond donors (Lipinski definition) is 1. The fourth-order valence-corrected chi connectivity index (χ4v) is 2.82. The zero-order valence-corrected chi connectivity index (χ0v) is 10.8. The van der Waals surface area contributed by atoms with Crippen LogP contribution >= 0.6 is 0 Å². The van der Waals surface area contributed by atoms with E-state index in [0.29, 0.717) is 11.5 Å². The minimum absolute atomic E-state index is 0. The van der Waals surface area contributed by atoms with Crippen molar-refractivity contribution in [3.05, 3.63) is 58.5 Å². The number of fused-ring (bicyclic) bond motifs is 2. The molecule has 3 rings (SSSR count). The number of allylic oxidation sites excluding steroid dienone is 2. The van der Waals surface area contributed by atoms with Crippen LogP contribution < -0.4 is 0 Å². The standard InChI is InChI=1S/C14H8O5S.Na.H/c15-12-7-13(20(17,18)19)14(16)11-6-9-4-2-1-3-8(9)5-10(11)12;;/h1-7H,(H,17,18,19);;. The van der Waals surface area contributed by atoms with Gasteiger partial charge in [0, 0.05) is 17.2 Å². The molecule has 0 saturated heterocycles. The molecule has 0 bridgehead atoms. The van der Waals surface area contributed by atoms with Crippen LogP contribution in [0, 0.1) is 0 Å². The van der Waals surface area contributed by atoms with E-state index in [1.165, 1.54) is 6.07 Å². The van der Waals surface area contributed by atoms with E-state index in [1.54, 1.807) is 30.3 Å². The van der Waals surface area contributed by atoms with Gasteiger partial charge in [-0.25, -0.2) is 0 Å². The molecule has 0 radical (unpaired) electrons. The Morgan fingerprint density at radius 2 is 1.43 bits per heavy atom. The van der Waals surface area contributed by atoms with E-state index < -0.39 is 26.6 Å². The van der Waals surface area contributed by atoms with Gasteiger partial charge < -0.3 is 0 Å². The van der Waals surface area contributed by atoms with Crippen molar-refractivity contribution in [2.45, 2.75) is 0 Å². The predicted octanol–water partition coefficient (Wildman–Crippen LogP) is 1.34. The normalized spacial score (nSPS) is 14.4. The minimum atomic E-state index is -4.71. The molecule has 0 aromatic heterocycles. The van der Waals surface area contributed by atoms with E-state index in [2.05, 4.69) is 0 Å². The fourth-order valence-electron chi connectivity index (χ4n) is 2.22. The van der Waals surface area contributed by atoms with Gasteiger partial charge in [-0.05, 0) is 22.9 Å². The summed E-state index contributed by atoms with van der Waals surface area (Å²) < 4.78 is 31.3. The van der Waals surface area contributed by atoms with E-state index in [-0.39, 0.29) is 40.7 Å². The molecular weight excluding hydrogens is 303 g/mol. The first-order valence-corrected chi connectivity index (χ1v) is 7.13. The molecule has 0 spiro atoms. The second kappa shape index (κ2) is 5.47. The molecule has 21 heavy (non-hydrogen) atoms. The van der Waals surface area contributed by atoms with Crippen molar-refractivity contribution in [2.75, 3.05) is 0 Å². The van der Waals surface area contributed by atoms with E-state index >= 15 is 0 Å². The SMILES string of the molecule is O=C1C=C(S(=O)(=O)O)C(=O)c2cc3ccccc3cc21.[NaH]. The maximum absolute atomic E-state index is 12.1. The molecule has 0 aliphatic heterocycles. The summed E-state index contributed by atoms with van der Waals surface area (Å²) in [4.78, 5) is 23.1. The Kier molecular flexibility index (Phi) is 4.19. The first-order chi connectivity index (χ1) is 9.38. The van der Waals surface area contributed by atoms with E-state index in [9.17, 15) is 18.0 Å². The van der Waals surface area contributed by atoms with Crippen molar-refractivity contribution in [3.8, 4) is 0 Å². The zero-order valence-electron chi connectivity index (χ0n) is 10.0. The molecule has 2 aromatic carbocycles. The maximum atomic E-state index is 12.1. The van der Waals surface area contributed by atoms with Crippen molar-refractivity contribution >= 4 is 62.0 Å². The van der Waals surface area contributed by atoms with E-state index in [1.807, 2.05) is 0 Å². The molecule has 0 heterocycles. The van der Waals surface area contributed by atoms with E-state index in [0.717, 1.165) is 5.39 Å². The van der Waals surface area contributed by atoms with Crippen LogP contribution in [0.2, 0.25) is 0 Å². The fraction of sp³-hybridized carbons (Fsp3) is 0. The zero-order chi connectivity index (χ0) is 14.5. The molecule has 0 unspecified atom stereocenters. The van der Waals surface area contributed by atoms with Gasteiger partial charge in [0.15, 0.2) is 5.78 Å². The quantitative estimate of drug-likeness (QED) is 0.634. The Hall–Kier alpha value is -1.31. The van der Waals surface area contributed by atoms with Crippen molar-refractivity contribution in [1.82, 2.24) is 0 Å². The summed E-state index contributed by atoms with van der Waals surface area (Å²) in [5, 5.41) is 1.49. The average molecular weight is 312 g/mol. The second-order valence-electron chi connectivity index (χ2n) is 4.42. The van der Waals surface area contributed by atoms with Crippen LogP contribution in [0.3, 0.4) is 0 Å². The van der Waals surface area contributed by atoms with Crippen LogP contribution in [-0.2, 0) is 10.1 Å². The topological polar surface area (TPSA) is 88.5 Å². The Morgan fingerprint density at radius 3 is 1.95 bits per heavy atom. The third kappa shape index (κ3) is 2.73. The molecule has 0 amide bonds. The number of ketones is 2. The monoisotopic (exact) mass is 312 g/mol. The number of benzene rings is 2. The van der Waals surface area contributed by atoms with Gasteiger partial charge in [0.2, 0.25) is 5.78 Å². The molecule has 2 aromatic rings. The average Bonchev–Trinajstić information content (AvgIpc) is 2.40. The van der Waals surface area contributed by atoms with Crippen LogP contribution in [-0.4, -0.2) is 54.1 Å². The van der Waals surface area contributed by atoms with Crippen LogP contribution in [0.25, 0.3) is 10.8 Å². The van der Waals surface area contributed by atoms with Gasteiger partial charge in [-0.3, -0.25) is 14.1 Å². The summed E-state index contributed by atoms with van der Waals surface area (Å²) in [6.07, 6.45) is 0.661. The van der Waals surface area contributed by atoms with Crippen LogP contribution in [0.1, 0.15) is 20.7 Å². The van der Waals surface area contributed by atoms with Gasteiger partial charge in [-0.2, -0.15) is 8.42 Å². The van der Waals surface area contributed by atoms with Gasteiger partial charge in [-0.15, -0.1) is 0 Å². The molecule has 1 aliphatic rings. The summed E-state index contributed by atoms with van der Waals surface area (Å²) >= 11 is 0. The number of Topliss-reactive ketones (excluding diaryl/α,β-unsaturated/α-hetero) is 1. The molecular formula is C14H9NaO5S. The van der Waals surface area contributed by atoms with Gasteiger partial charge in [-0.1, -0.05) is 24.3 Å². The first kappa shape index (κ1) is 16.1. The number of hydrogen-bond acceptors (Lipinski definition) is 4. The number of carbonyl (C=O) groups excluding carboxylic acids is 2. The van der Waals surface area contributed by atoms with Crippen LogP contribution in [0.4, 0.5) is 0 Å². The van der Waals surface area contributed by atoms with Gasteiger partial charge in [0.05, 0.1) is 0 Å². The summed E-state index contributed by atoms with van der Waals surface area (Å²) in [6.45, 7) is 0. The first-order valence-electron chi connectivity index (χ1n) is 5.69. The van der Waals surface area contributed by atoms with Crippen molar-refractivity contribution in [1.29, 1.82) is 0 Å². The van der Waals surface area contributed by atoms with Crippen molar-refractivity contribution in [2.24, 2.45) is 0 Å². The summed E-state index contributed by atoms with van der Waals surface area (Å²) in [5.74, 6) is -1.48. The summed E-state index contributed by atoms with van der Waals surface area (Å²) in [5.41, 5.74) is 0.130. The van der Waals surface area contributed by atoms with Gasteiger partial charge in [0.25, 0.3) is 10.1 Å². The molecule has 102 valence electrons. The predicted molar refractivity (Wildman–Crippen MR) is 79.4 cm³/mol. The van der Waals surface area contributed by atoms with Gasteiger partial charge >= 0.3 is 29.6 Å². The Bertz CT molecular complexity index is 912. The van der Waals surface area contributed by atoms with Crippen molar-refractivity contribution < 1.29 is 22.6 Å². The molecule has 0 atom stereocenters. The van der Waals surface area contributed by atoms with Gasteiger partial charge in [0.1, 0.15) is 4.91 Å². The third-order valence-corrected chi connectivity index (χ3v) is 4.02. The second-order valence-corrected chi connectivity index (χ2v) is 5.81. The molecule has 1 N–H and O–H groups in total. The van der Waals surface area contributed by atoms with Crippen LogP contribution in [0.15, 0.2) is 47.4 Å². The Morgan fingerprint density at radius 1 is 0.905 bits per heavy atom. The summed E-state index contributed by atoms with van der Waals surface area (Å²) in [7, 11) is -4.71. The Labute approximate surface area is 142 Å². The molecule has 0 saturated carbocycles.